The Morgan fingerprint density at radius 3 is 2.89 bits per heavy atom. The average molecular weight is 271 g/mol. The van der Waals surface area contributed by atoms with Crippen LogP contribution in [0.1, 0.15) is 39.0 Å². The molecule has 1 heterocycles. The van der Waals surface area contributed by atoms with Crippen molar-refractivity contribution in [1.82, 2.24) is 15.0 Å². The second kappa shape index (κ2) is 8.16. The maximum absolute atomic E-state index is 11.6. The highest BCUT2D eigenvalue weighted by atomic mass is 32.2. The van der Waals surface area contributed by atoms with Crippen LogP contribution in [-0.2, 0) is 11.8 Å². The first-order valence-corrected chi connectivity index (χ1v) is 7.15. The summed E-state index contributed by atoms with van der Waals surface area (Å²) >= 11 is 1.39. The zero-order valence-electron chi connectivity index (χ0n) is 10.9. The molecule has 1 amide bonds. The van der Waals surface area contributed by atoms with Crippen molar-refractivity contribution in [1.29, 1.82) is 0 Å². The average Bonchev–Trinajstić information content (AvgIpc) is 2.78. The second-order valence-corrected chi connectivity index (χ2v) is 5.42. The monoisotopic (exact) mass is 271 g/mol. The van der Waals surface area contributed by atoms with Gasteiger partial charge in [-0.1, -0.05) is 44.4 Å². The molecule has 1 aromatic rings. The Kier molecular flexibility index (Phi) is 6.82. The van der Waals surface area contributed by atoms with Gasteiger partial charge < -0.3 is 4.57 Å². The molecule has 0 spiro atoms. The van der Waals surface area contributed by atoms with Gasteiger partial charge in [0.1, 0.15) is 0 Å². The van der Waals surface area contributed by atoms with E-state index in [1.807, 2.05) is 17.8 Å². The van der Waals surface area contributed by atoms with Gasteiger partial charge in [0.05, 0.1) is 5.25 Å². The van der Waals surface area contributed by atoms with E-state index in [9.17, 15) is 4.79 Å². The van der Waals surface area contributed by atoms with Gasteiger partial charge in [-0.3, -0.25) is 10.0 Å². The van der Waals surface area contributed by atoms with Crippen LogP contribution in [0.2, 0.25) is 0 Å². The molecule has 0 aliphatic heterocycles. The Morgan fingerprint density at radius 1 is 1.56 bits per heavy atom. The summed E-state index contributed by atoms with van der Waals surface area (Å²) in [5.74, 6) is -0.348. The number of rotatable bonds is 8. The number of thioether (sulfide) groups is 1. The maximum atomic E-state index is 11.6. The van der Waals surface area contributed by atoms with Crippen LogP contribution in [0.15, 0.2) is 17.6 Å². The fourth-order valence-electron chi connectivity index (χ4n) is 1.66. The Labute approximate surface area is 112 Å². The number of unbranched alkanes of at least 4 members (excludes halogenated alkanes) is 3. The molecule has 1 atom stereocenters. The molecule has 2 N–H and O–H groups in total. The van der Waals surface area contributed by atoms with Gasteiger partial charge in [-0.05, 0) is 6.42 Å². The summed E-state index contributed by atoms with van der Waals surface area (Å²) in [5.41, 5.74) is 1.74. The fraction of sp³-hybridized carbons (Fsp3) is 0.667. The molecule has 6 heteroatoms. The topological polar surface area (TPSA) is 67.2 Å². The summed E-state index contributed by atoms with van der Waals surface area (Å²) in [7, 11) is 1.89. The van der Waals surface area contributed by atoms with Gasteiger partial charge in [-0.15, -0.1) is 0 Å². The zero-order chi connectivity index (χ0) is 13.4. The highest BCUT2D eigenvalue weighted by Crippen LogP contribution is 2.25. The van der Waals surface area contributed by atoms with Crippen molar-refractivity contribution in [2.75, 3.05) is 0 Å². The lowest BCUT2D eigenvalue weighted by Crippen LogP contribution is -2.30. The van der Waals surface area contributed by atoms with Crippen LogP contribution in [0, 0.1) is 0 Å². The first-order valence-electron chi connectivity index (χ1n) is 6.27. The van der Waals surface area contributed by atoms with E-state index in [1.165, 1.54) is 24.6 Å². The minimum Gasteiger partial charge on any atom is -0.329 e. The van der Waals surface area contributed by atoms with Crippen LogP contribution in [-0.4, -0.2) is 25.9 Å². The van der Waals surface area contributed by atoms with Gasteiger partial charge in [0, 0.05) is 19.4 Å². The normalized spacial score (nSPS) is 12.4. The zero-order valence-corrected chi connectivity index (χ0v) is 11.7. The molecule has 1 rings (SSSR count). The number of nitrogens with one attached hydrogen (secondary N) is 1. The van der Waals surface area contributed by atoms with Crippen LogP contribution in [0.5, 0.6) is 0 Å². The molecule has 0 aromatic carbocycles. The molecule has 0 fully saturated rings. The van der Waals surface area contributed by atoms with E-state index in [0.717, 1.165) is 24.4 Å². The lowest BCUT2D eigenvalue weighted by Gasteiger charge is -2.13. The number of carbonyl (C=O) groups is 1. The number of imidazole rings is 1. The summed E-state index contributed by atoms with van der Waals surface area (Å²) in [6, 6.07) is 0. The highest BCUT2D eigenvalue weighted by molar-refractivity contribution is 8.00. The lowest BCUT2D eigenvalue weighted by atomic mass is 10.1. The number of hydrogen-bond acceptors (Lipinski definition) is 4. The van der Waals surface area contributed by atoms with E-state index in [1.54, 1.807) is 11.7 Å². The van der Waals surface area contributed by atoms with Crippen molar-refractivity contribution in [2.24, 2.45) is 7.05 Å². The summed E-state index contributed by atoms with van der Waals surface area (Å²) in [6.07, 6.45) is 8.75. The van der Waals surface area contributed by atoms with E-state index in [0.29, 0.717) is 0 Å². The number of nitrogens with zero attached hydrogens (tertiary/aromatic N) is 2. The fourth-order valence-corrected chi connectivity index (χ4v) is 2.71. The van der Waals surface area contributed by atoms with Crippen molar-refractivity contribution in [3.05, 3.63) is 12.4 Å². The SMILES string of the molecule is CCCCCCC(Sc1nccn1C)C(=O)NO. The Bertz CT molecular complexity index is 368. The molecule has 0 saturated carbocycles. The molecule has 18 heavy (non-hydrogen) atoms. The van der Waals surface area contributed by atoms with E-state index < -0.39 is 0 Å². The Morgan fingerprint density at radius 2 is 2.33 bits per heavy atom. The molecule has 0 aliphatic rings. The predicted molar refractivity (Wildman–Crippen MR) is 71.5 cm³/mol. The van der Waals surface area contributed by atoms with Crippen LogP contribution in [0.4, 0.5) is 0 Å². The predicted octanol–water partition coefficient (Wildman–Crippen LogP) is 2.36. The molecule has 0 radical (unpaired) electrons. The van der Waals surface area contributed by atoms with E-state index >= 15 is 0 Å². The lowest BCUT2D eigenvalue weighted by molar-refractivity contribution is -0.128. The van der Waals surface area contributed by atoms with Crippen molar-refractivity contribution in [3.63, 3.8) is 0 Å². The smallest absolute Gasteiger partial charge is 0.256 e. The van der Waals surface area contributed by atoms with Crippen LogP contribution in [0.3, 0.4) is 0 Å². The van der Waals surface area contributed by atoms with Crippen molar-refractivity contribution >= 4 is 17.7 Å². The first-order chi connectivity index (χ1) is 8.69. The number of amides is 1. The number of hydrogen-bond donors (Lipinski definition) is 2. The largest absolute Gasteiger partial charge is 0.329 e. The van der Waals surface area contributed by atoms with Crippen LogP contribution < -0.4 is 5.48 Å². The van der Waals surface area contributed by atoms with Gasteiger partial charge in [0.2, 0.25) is 0 Å². The van der Waals surface area contributed by atoms with Gasteiger partial charge in [-0.2, -0.15) is 0 Å². The molecule has 1 unspecified atom stereocenters. The molecule has 0 aliphatic carbocycles. The second-order valence-electron chi connectivity index (χ2n) is 4.25. The van der Waals surface area contributed by atoms with Gasteiger partial charge in [0.15, 0.2) is 5.16 Å². The molecule has 0 bridgehead atoms. The third-order valence-electron chi connectivity index (χ3n) is 2.75. The molecular weight excluding hydrogens is 250 g/mol. The van der Waals surface area contributed by atoms with Crippen molar-refractivity contribution in [2.45, 2.75) is 49.4 Å². The number of aromatic nitrogens is 2. The van der Waals surface area contributed by atoms with Crippen LogP contribution >= 0.6 is 11.8 Å². The maximum Gasteiger partial charge on any atom is 0.256 e. The van der Waals surface area contributed by atoms with Gasteiger partial charge in [-0.25, -0.2) is 10.5 Å². The quantitative estimate of drug-likeness (QED) is 0.330. The third kappa shape index (κ3) is 4.70. The molecule has 0 saturated heterocycles. The minimum atomic E-state index is -0.348. The third-order valence-corrected chi connectivity index (χ3v) is 4.09. The van der Waals surface area contributed by atoms with Crippen molar-refractivity contribution in [3.8, 4) is 0 Å². The Hall–Kier alpha value is -1.01. The Balaban J connectivity index is 2.51. The summed E-state index contributed by atoms with van der Waals surface area (Å²) in [5, 5.41) is 9.27. The number of aryl methyl sites for hydroxylation is 1. The summed E-state index contributed by atoms with van der Waals surface area (Å²) in [4.78, 5) is 15.8. The van der Waals surface area contributed by atoms with Crippen LogP contribution in [0.25, 0.3) is 0 Å². The van der Waals surface area contributed by atoms with Gasteiger partial charge in [0.25, 0.3) is 5.91 Å². The highest BCUT2D eigenvalue weighted by Gasteiger charge is 2.20. The molecule has 102 valence electrons. The van der Waals surface area contributed by atoms with E-state index in [-0.39, 0.29) is 11.2 Å². The molecular formula is C12H21N3O2S. The van der Waals surface area contributed by atoms with E-state index in [4.69, 9.17) is 5.21 Å². The van der Waals surface area contributed by atoms with Gasteiger partial charge >= 0.3 is 0 Å². The molecule has 5 nitrogen and oxygen atoms in total. The summed E-state index contributed by atoms with van der Waals surface area (Å²) < 4.78 is 1.87. The number of hydroxylamine groups is 1. The number of carbonyl (C=O) groups excluding carboxylic acids is 1. The van der Waals surface area contributed by atoms with E-state index in [2.05, 4.69) is 11.9 Å². The standard InChI is InChI=1S/C12H21N3O2S/c1-3-4-5-6-7-10(11(16)14-17)18-12-13-8-9-15(12)2/h8-10,17H,3-7H2,1-2H3,(H,14,16). The minimum absolute atomic E-state index is 0.284. The first kappa shape index (κ1) is 15.0. The summed E-state index contributed by atoms with van der Waals surface area (Å²) in [6.45, 7) is 2.15. The molecule has 1 aromatic heterocycles. The van der Waals surface area contributed by atoms with Crippen molar-refractivity contribution < 1.29 is 10.0 Å².